The van der Waals surface area contributed by atoms with Crippen LogP contribution in [0.4, 0.5) is 4.39 Å². The topological polar surface area (TPSA) is 64.7 Å². The van der Waals surface area contributed by atoms with Gasteiger partial charge >= 0.3 is 0 Å². The standard InChI is InChI=1S/C11H16FNO3/c1-15-6-8-9(12)4-3-7(10(14)5-13)11(8)16-2/h3-4,10,14H,5-6,13H2,1-2H3. The molecule has 0 bridgehead atoms. The lowest BCUT2D eigenvalue weighted by molar-refractivity contribution is 0.170. The molecular formula is C11H16FNO3. The van der Waals surface area contributed by atoms with Gasteiger partial charge in [0.15, 0.2) is 0 Å². The van der Waals surface area contributed by atoms with E-state index in [0.717, 1.165) is 0 Å². The van der Waals surface area contributed by atoms with Gasteiger partial charge in [-0.3, -0.25) is 0 Å². The molecule has 0 aromatic heterocycles. The summed E-state index contributed by atoms with van der Waals surface area (Å²) in [6.07, 6.45) is -0.869. The van der Waals surface area contributed by atoms with Crippen LogP contribution in [0.15, 0.2) is 12.1 Å². The largest absolute Gasteiger partial charge is 0.496 e. The second-order valence-electron chi connectivity index (χ2n) is 3.33. The Morgan fingerprint density at radius 1 is 1.44 bits per heavy atom. The fourth-order valence-corrected chi connectivity index (χ4v) is 1.53. The quantitative estimate of drug-likeness (QED) is 0.789. The summed E-state index contributed by atoms with van der Waals surface area (Å²) in [4.78, 5) is 0. The Balaban J connectivity index is 3.24. The maximum atomic E-state index is 13.5. The molecule has 90 valence electrons. The number of aliphatic hydroxyl groups excluding tert-OH is 1. The van der Waals surface area contributed by atoms with Crippen LogP contribution in [0.5, 0.6) is 5.75 Å². The van der Waals surface area contributed by atoms with Crippen LogP contribution >= 0.6 is 0 Å². The van der Waals surface area contributed by atoms with Gasteiger partial charge in [0.2, 0.25) is 0 Å². The lowest BCUT2D eigenvalue weighted by atomic mass is 10.0. The number of aliphatic hydroxyl groups is 1. The number of nitrogens with two attached hydrogens (primary N) is 1. The highest BCUT2D eigenvalue weighted by Crippen LogP contribution is 2.31. The summed E-state index contributed by atoms with van der Waals surface area (Å²) in [5.74, 6) is -0.133. The van der Waals surface area contributed by atoms with Crippen molar-refractivity contribution in [3.8, 4) is 5.75 Å². The summed E-state index contributed by atoms with van der Waals surface area (Å²) in [7, 11) is 2.88. The van der Waals surface area contributed by atoms with Gasteiger partial charge in [0.1, 0.15) is 11.6 Å². The minimum Gasteiger partial charge on any atom is -0.496 e. The minimum atomic E-state index is -0.869. The molecule has 0 saturated heterocycles. The summed E-state index contributed by atoms with van der Waals surface area (Å²) < 4.78 is 23.5. The van der Waals surface area contributed by atoms with E-state index in [0.29, 0.717) is 11.3 Å². The predicted octanol–water partition coefficient (Wildman–Crippen LogP) is 0.973. The molecule has 4 nitrogen and oxygen atoms in total. The Bertz CT molecular complexity index is 357. The molecule has 1 aromatic carbocycles. The van der Waals surface area contributed by atoms with Crippen LogP contribution in [0.25, 0.3) is 0 Å². The van der Waals surface area contributed by atoms with Gasteiger partial charge < -0.3 is 20.3 Å². The third-order valence-electron chi connectivity index (χ3n) is 2.31. The van der Waals surface area contributed by atoms with E-state index in [1.165, 1.54) is 26.4 Å². The van der Waals surface area contributed by atoms with Crippen molar-refractivity contribution in [2.75, 3.05) is 20.8 Å². The predicted molar refractivity (Wildman–Crippen MR) is 57.7 cm³/mol. The normalized spacial score (nSPS) is 12.6. The maximum Gasteiger partial charge on any atom is 0.133 e. The number of rotatable bonds is 5. The Hall–Kier alpha value is -1.17. The van der Waals surface area contributed by atoms with E-state index in [2.05, 4.69) is 0 Å². The minimum absolute atomic E-state index is 0.0500. The molecule has 0 radical (unpaired) electrons. The molecule has 0 spiro atoms. The van der Waals surface area contributed by atoms with Crippen LogP contribution in [0.3, 0.4) is 0 Å². The van der Waals surface area contributed by atoms with E-state index in [1.807, 2.05) is 0 Å². The molecule has 5 heteroatoms. The van der Waals surface area contributed by atoms with Gasteiger partial charge in [-0.2, -0.15) is 0 Å². The number of hydrogen-bond donors (Lipinski definition) is 2. The fourth-order valence-electron chi connectivity index (χ4n) is 1.53. The Morgan fingerprint density at radius 3 is 2.62 bits per heavy atom. The summed E-state index contributed by atoms with van der Waals surface area (Å²) in [6.45, 7) is 0.133. The monoisotopic (exact) mass is 229 g/mol. The van der Waals surface area contributed by atoms with E-state index in [4.69, 9.17) is 15.2 Å². The molecule has 3 N–H and O–H groups in total. The molecule has 1 rings (SSSR count). The van der Waals surface area contributed by atoms with Gasteiger partial charge in [-0.05, 0) is 12.1 Å². The molecular weight excluding hydrogens is 213 g/mol. The van der Waals surface area contributed by atoms with Gasteiger partial charge in [0.25, 0.3) is 0 Å². The van der Waals surface area contributed by atoms with Crippen molar-refractivity contribution in [1.29, 1.82) is 0 Å². The molecule has 0 fully saturated rings. The van der Waals surface area contributed by atoms with Crippen molar-refractivity contribution in [3.05, 3.63) is 29.1 Å². The van der Waals surface area contributed by atoms with Crippen molar-refractivity contribution in [2.45, 2.75) is 12.7 Å². The summed E-state index contributed by atoms with van der Waals surface area (Å²) in [6, 6.07) is 2.73. The molecule has 0 aliphatic carbocycles. The summed E-state index contributed by atoms with van der Waals surface area (Å²) in [5.41, 5.74) is 6.12. The lowest BCUT2D eigenvalue weighted by Gasteiger charge is -2.17. The third-order valence-corrected chi connectivity index (χ3v) is 2.31. The van der Waals surface area contributed by atoms with E-state index in [1.54, 1.807) is 0 Å². The third kappa shape index (κ3) is 2.49. The number of benzene rings is 1. The number of hydrogen-bond acceptors (Lipinski definition) is 4. The number of methoxy groups -OCH3 is 2. The lowest BCUT2D eigenvalue weighted by Crippen LogP contribution is -2.14. The molecule has 16 heavy (non-hydrogen) atoms. The highest BCUT2D eigenvalue weighted by atomic mass is 19.1. The first-order chi connectivity index (χ1) is 7.65. The molecule has 0 aliphatic rings. The van der Waals surface area contributed by atoms with E-state index in [-0.39, 0.29) is 18.7 Å². The average Bonchev–Trinajstić information content (AvgIpc) is 2.30. The highest BCUT2D eigenvalue weighted by molar-refractivity contribution is 5.43. The molecule has 0 heterocycles. The van der Waals surface area contributed by atoms with Gasteiger partial charge in [0.05, 0.1) is 25.4 Å². The van der Waals surface area contributed by atoms with Crippen molar-refractivity contribution in [3.63, 3.8) is 0 Å². The molecule has 0 saturated carbocycles. The van der Waals surface area contributed by atoms with E-state index < -0.39 is 11.9 Å². The van der Waals surface area contributed by atoms with Crippen LogP contribution in [0.1, 0.15) is 17.2 Å². The summed E-state index contributed by atoms with van der Waals surface area (Å²) >= 11 is 0. The first-order valence-corrected chi connectivity index (χ1v) is 4.88. The molecule has 0 amide bonds. The zero-order valence-corrected chi connectivity index (χ0v) is 9.37. The first kappa shape index (κ1) is 12.9. The molecule has 0 aliphatic heterocycles. The van der Waals surface area contributed by atoms with Gasteiger partial charge in [-0.1, -0.05) is 0 Å². The van der Waals surface area contributed by atoms with E-state index >= 15 is 0 Å². The zero-order chi connectivity index (χ0) is 12.1. The molecule has 1 aromatic rings. The maximum absolute atomic E-state index is 13.5. The number of halogens is 1. The van der Waals surface area contributed by atoms with Gasteiger partial charge in [-0.25, -0.2) is 4.39 Å². The second kappa shape index (κ2) is 5.79. The van der Waals surface area contributed by atoms with Crippen LogP contribution in [0, 0.1) is 5.82 Å². The van der Waals surface area contributed by atoms with Crippen LogP contribution in [-0.2, 0) is 11.3 Å². The Labute approximate surface area is 93.8 Å². The Kier molecular flexibility index (Phi) is 4.67. The molecule has 1 unspecified atom stereocenters. The van der Waals surface area contributed by atoms with E-state index in [9.17, 15) is 9.50 Å². The van der Waals surface area contributed by atoms with Crippen molar-refractivity contribution in [1.82, 2.24) is 0 Å². The summed E-state index contributed by atoms with van der Waals surface area (Å²) in [5, 5.41) is 9.66. The highest BCUT2D eigenvalue weighted by Gasteiger charge is 2.18. The van der Waals surface area contributed by atoms with Crippen LogP contribution in [0.2, 0.25) is 0 Å². The smallest absolute Gasteiger partial charge is 0.133 e. The van der Waals surface area contributed by atoms with Crippen LogP contribution in [-0.4, -0.2) is 25.9 Å². The average molecular weight is 229 g/mol. The first-order valence-electron chi connectivity index (χ1n) is 4.88. The van der Waals surface area contributed by atoms with Crippen molar-refractivity contribution in [2.24, 2.45) is 5.73 Å². The van der Waals surface area contributed by atoms with Gasteiger partial charge in [0, 0.05) is 19.2 Å². The number of ether oxygens (including phenoxy) is 2. The fraction of sp³-hybridized carbons (Fsp3) is 0.455. The molecule has 1 atom stereocenters. The zero-order valence-electron chi connectivity index (χ0n) is 9.37. The van der Waals surface area contributed by atoms with Gasteiger partial charge in [-0.15, -0.1) is 0 Å². The van der Waals surface area contributed by atoms with Crippen molar-refractivity contribution >= 4 is 0 Å². The van der Waals surface area contributed by atoms with Crippen LogP contribution < -0.4 is 10.5 Å². The van der Waals surface area contributed by atoms with Crippen molar-refractivity contribution < 1.29 is 19.0 Å². The SMILES string of the molecule is COCc1c(F)ccc(C(O)CN)c1OC. The Morgan fingerprint density at radius 2 is 2.12 bits per heavy atom. The second-order valence-corrected chi connectivity index (χ2v) is 3.33.